The summed E-state index contributed by atoms with van der Waals surface area (Å²) in [6, 6.07) is 6.65. The van der Waals surface area contributed by atoms with Gasteiger partial charge in [0, 0.05) is 31.4 Å². The van der Waals surface area contributed by atoms with E-state index < -0.39 is 0 Å². The number of nitrogens with zero attached hydrogens (tertiary/aromatic N) is 3. The van der Waals surface area contributed by atoms with Crippen molar-refractivity contribution in [2.75, 3.05) is 13.1 Å². The normalized spacial score (nSPS) is 17.7. The van der Waals surface area contributed by atoms with Crippen LogP contribution in [0, 0.1) is 0 Å². The van der Waals surface area contributed by atoms with Crippen LogP contribution in [0.4, 0.5) is 0 Å². The van der Waals surface area contributed by atoms with Crippen LogP contribution in [0.5, 0.6) is 0 Å². The van der Waals surface area contributed by atoms with Gasteiger partial charge in [0.05, 0.1) is 0 Å². The number of amides is 2. The SMILES string of the molecule is O=C(NC1CCN(C(=O)c2ccccn2)C1)c1ccon1. The molecule has 0 bridgehead atoms. The highest BCUT2D eigenvalue weighted by molar-refractivity contribution is 5.93. The average molecular weight is 286 g/mol. The van der Waals surface area contributed by atoms with E-state index in [-0.39, 0.29) is 23.6 Å². The Hall–Kier alpha value is -2.70. The molecule has 0 saturated carbocycles. The smallest absolute Gasteiger partial charge is 0.273 e. The molecule has 1 aliphatic heterocycles. The van der Waals surface area contributed by atoms with Gasteiger partial charge in [0.2, 0.25) is 0 Å². The zero-order valence-electron chi connectivity index (χ0n) is 11.2. The number of hydrogen-bond donors (Lipinski definition) is 1. The standard InChI is InChI=1S/C14H14N4O3/c19-13(11-5-8-21-17-11)16-10-4-7-18(9-10)14(20)12-3-1-2-6-15-12/h1-3,5-6,8,10H,4,7,9H2,(H,16,19). The summed E-state index contributed by atoms with van der Waals surface area (Å²) in [7, 11) is 0. The first-order valence-electron chi connectivity index (χ1n) is 6.65. The maximum Gasteiger partial charge on any atom is 0.273 e. The van der Waals surface area contributed by atoms with Crippen molar-refractivity contribution in [2.24, 2.45) is 0 Å². The predicted molar refractivity (Wildman–Crippen MR) is 72.5 cm³/mol. The lowest BCUT2D eigenvalue weighted by molar-refractivity contribution is 0.0777. The Morgan fingerprint density at radius 1 is 1.29 bits per heavy atom. The summed E-state index contributed by atoms with van der Waals surface area (Å²) in [5, 5.41) is 6.42. The fourth-order valence-corrected chi connectivity index (χ4v) is 2.30. The number of rotatable bonds is 3. The van der Waals surface area contributed by atoms with E-state index in [1.807, 2.05) is 0 Å². The van der Waals surface area contributed by atoms with Gasteiger partial charge in [0.25, 0.3) is 11.8 Å². The molecule has 0 spiro atoms. The highest BCUT2D eigenvalue weighted by Gasteiger charge is 2.29. The number of pyridine rings is 1. The molecule has 7 heteroatoms. The molecular weight excluding hydrogens is 272 g/mol. The van der Waals surface area contributed by atoms with E-state index in [0.717, 1.165) is 0 Å². The Bertz CT molecular complexity index is 627. The highest BCUT2D eigenvalue weighted by Crippen LogP contribution is 2.13. The molecular formula is C14H14N4O3. The van der Waals surface area contributed by atoms with Crippen LogP contribution in [-0.4, -0.2) is 46.0 Å². The molecule has 1 unspecified atom stereocenters. The average Bonchev–Trinajstić information content (AvgIpc) is 3.19. The topological polar surface area (TPSA) is 88.3 Å². The number of nitrogens with one attached hydrogen (secondary N) is 1. The summed E-state index contributed by atoms with van der Waals surface area (Å²) >= 11 is 0. The third kappa shape index (κ3) is 2.91. The summed E-state index contributed by atoms with van der Waals surface area (Å²) in [6.07, 6.45) is 3.65. The van der Waals surface area contributed by atoms with E-state index in [1.165, 1.54) is 12.3 Å². The molecule has 3 heterocycles. The lowest BCUT2D eigenvalue weighted by Gasteiger charge is -2.16. The quantitative estimate of drug-likeness (QED) is 0.898. The maximum atomic E-state index is 12.2. The first-order chi connectivity index (χ1) is 10.2. The summed E-state index contributed by atoms with van der Waals surface area (Å²) in [4.78, 5) is 29.8. The molecule has 1 fully saturated rings. The molecule has 0 aliphatic carbocycles. The predicted octanol–water partition coefficient (Wildman–Crippen LogP) is 0.714. The fraction of sp³-hybridized carbons (Fsp3) is 0.286. The number of aromatic nitrogens is 2. The maximum absolute atomic E-state index is 12.2. The van der Waals surface area contributed by atoms with Crippen molar-refractivity contribution in [3.05, 3.63) is 48.1 Å². The molecule has 7 nitrogen and oxygen atoms in total. The van der Waals surface area contributed by atoms with Gasteiger partial charge in [-0.25, -0.2) is 0 Å². The minimum Gasteiger partial charge on any atom is -0.364 e. The van der Waals surface area contributed by atoms with Crippen molar-refractivity contribution >= 4 is 11.8 Å². The number of carbonyl (C=O) groups is 2. The Morgan fingerprint density at radius 3 is 2.90 bits per heavy atom. The van der Waals surface area contributed by atoms with E-state index in [2.05, 4.69) is 20.0 Å². The Labute approximate surface area is 120 Å². The number of likely N-dealkylation sites (tertiary alicyclic amines) is 1. The third-order valence-electron chi connectivity index (χ3n) is 3.37. The van der Waals surface area contributed by atoms with Crippen molar-refractivity contribution in [1.82, 2.24) is 20.4 Å². The molecule has 0 radical (unpaired) electrons. The number of hydrogen-bond acceptors (Lipinski definition) is 5. The molecule has 2 aromatic rings. The zero-order valence-corrected chi connectivity index (χ0v) is 11.2. The zero-order chi connectivity index (χ0) is 14.7. The summed E-state index contributed by atoms with van der Waals surface area (Å²) in [6.45, 7) is 1.07. The largest absolute Gasteiger partial charge is 0.364 e. The van der Waals surface area contributed by atoms with Gasteiger partial charge in [-0.1, -0.05) is 11.2 Å². The van der Waals surface area contributed by atoms with E-state index >= 15 is 0 Å². The second kappa shape index (κ2) is 5.74. The van der Waals surface area contributed by atoms with Gasteiger partial charge >= 0.3 is 0 Å². The van der Waals surface area contributed by atoms with Crippen molar-refractivity contribution in [2.45, 2.75) is 12.5 Å². The summed E-state index contributed by atoms with van der Waals surface area (Å²) in [5.74, 6) is -0.408. The fourth-order valence-electron chi connectivity index (χ4n) is 2.30. The Morgan fingerprint density at radius 2 is 2.19 bits per heavy atom. The summed E-state index contributed by atoms with van der Waals surface area (Å²) < 4.78 is 4.63. The van der Waals surface area contributed by atoms with Gasteiger partial charge in [0.1, 0.15) is 12.0 Å². The van der Waals surface area contributed by atoms with Gasteiger partial charge in [-0.2, -0.15) is 0 Å². The van der Waals surface area contributed by atoms with Crippen molar-refractivity contribution in [1.29, 1.82) is 0 Å². The first kappa shape index (κ1) is 13.3. The molecule has 2 amide bonds. The molecule has 1 aliphatic rings. The highest BCUT2D eigenvalue weighted by atomic mass is 16.5. The second-order valence-corrected chi connectivity index (χ2v) is 4.81. The minimum absolute atomic E-state index is 0.0816. The van der Waals surface area contributed by atoms with Crippen LogP contribution in [0.25, 0.3) is 0 Å². The lowest BCUT2D eigenvalue weighted by Crippen LogP contribution is -2.38. The summed E-state index contributed by atoms with van der Waals surface area (Å²) in [5.41, 5.74) is 0.658. The van der Waals surface area contributed by atoms with E-state index in [0.29, 0.717) is 25.2 Å². The first-order valence-corrected chi connectivity index (χ1v) is 6.65. The van der Waals surface area contributed by atoms with Crippen LogP contribution in [0.1, 0.15) is 27.4 Å². The molecule has 2 aromatic heterocycles. The third-order valence-corrected chi connectivity index (χ3v) is 3.37. The van der Waals surface area contributed by atoms with E-state index in [1.54, 1.807) is 29.3 Å². The Kier molecular flexibility index (Phi) is 3.63. The van der Waals surface area contributed by atoms with Crippen molar-refractivity contribution in [3.8, 4) is 0 Å². The van der Waals surface area contributed by atoms with Crippen LogP contribution in [0.3, 0.4) is 0 Å². The molecule has 0 aromatic carbocycles. The molecule has 1 N–H and O–H groups in total. The molecule has 1 saturated heterocycles. The van der Waals surface area contributed by atoms with Gasteiger partial charge < -0.3 is 14.7 Å². The van der Waals surface area contributed by atoms with Crippen LogP contribution in [0.15, 0.2) is 41.2 Å². The monoisotopic (exact) mass is 286 g/mol. The van der Waals surface area contributed by atoms with Gasteiger partial charge in [-0.3, -0.25) is 14.6 Å². The second-order valence-electron chi connectivity index (χ2n) is 4.81. The molecule has 3 rings (SSSR count). The molecule has 21 heavy (non-hydrogen) atoms. The van der Waals surface area contributed by atoms with Crippen LogP contribution >= 0.6 is 0 Å². The van der Waals surface area contributed by atoms with Crippen LogP contribution < -0.4 is 5.32 Å². The molecule has 108 valence electrons. The van der Waals surface area contributed by atoms with Crippen LogP contribution in [0.2, 0.25) is 0 Å². The lowest BCUT2D eigenvalue weighted by atomic mass is 10.2. The van der Waals surface area contributed by atoms with Crippen molar-refractivity contribution in [3.63, 3.8) is 0 Å². The van der Waals surface area contributed by atoms with Crippen molar-refractivity contribution < 1.29 is 14.1 Å². The minimum atomic E-state index is -0.291. The van der Waals surface area contributed by atoms with Crippen LogP contribution in [-0.2, 0) is 0 Å². The molecule has 1 atom stereocenters. The van der Waals surface area contributed by atoms with Gasteiger partial charge in [0.15, 0.2) is 5.69 Å². The Balaban J connectivity index is 1.58. The van der Waals surface area contributed by atoms with Gasteiger partial charge in [-0.05, 0) is 18.6 Å². The van der Waals surface area contributed by atoms with Gasteiger partial charge in [-0.15, -0.1) is 0 Å². The van der Waals surface area contributed by atoms with E-state index in [9.17, 15) is 9.59 Å². The number of carbonyl (C=O) groups excluding carboxylic acids is 2. The van der Waals surface area contributed by atoms with E-state index in [4.69, 9.17) is 0 Å².